The van der Waals surface area contributed by atoms with Crippen molar-refractivity contribution in [2.45, 2.75) is 11.9 Å². The van der Waals surface area contributed by atoms with Crippen LogP contribution >= 0.6 is 11.8 Å². The lowest BCUT2D eigenvalue weighted by atomic mass is 10.4. The second-order valence-electron chi connectivity index (χ2n) is 2.23. The number of halogens is 3. The van der Waals surface area contributed by atoms with Gasteiger partial charge < -0.3 is 11.1 Å². The molecule has 3 nitrogen and oxygen atoms in total. The maximum atomic E-state index is 11.6. The van der Waals surface area contributed by atoms with E-state index in [1.165, 1.54) is 0 Å². The molecule has 0 aliphatic heterocycles. The zero-order chi connectivity index (χ0) is 10.3. The number of carbonyl (C=O) groups excluding carboxylic acids is 1. The average Bonchev–Trinajstić information content (AvgIpc) is 2.00. The van der Waals surface area contributed by atoms with Crippen LogP contribution in [0.3, 0.4) is 0 Å². The van der Waals surface area contributed by atoms with Gasteiger partial charge in [0.15, 0.2) is 0 Å². The number of hydrogen-bond acceptors (Lipinski definition) is 3. The van der Waals surface area contributed by atoms with Crippen LogP contribution in [0.1, 0.15) is 6.42 Å². The predicted octanol–water partition coefficient (Wildman–Crippen LogP) is 0.704. The molecule has 0 spiro atoms. The average molecular weight is 216 g/mol. The SMILES string of the molecule is NCCCNC(=O)CSC(F)(F)F. The van der Waals surface area contributed by atoms with Gasteiger partial charge in [0.05, 0.1) is 5.75 Å². The summed E-state index contributed by atoms with van der Waals surface area (Å²) >= 11 is -0.344. The van der Waals surface area contributed by atoms with E-state index in [-0.39, 0.29) is 11.8 Å². The van der Waals surface area contributed by atoms with Crippen LogP contribution in [-0.2, 0) is 4.79 Å². The first-order valence-electron chi connectivity index (χ1n) is 3.63. The van der Waals surface area contributed by atoms with Crippen LogP contribution in [0.15, 0.2) is 0 Å². The Morgan fingerprint density at radius 1 is 1.46 bits per heavy atom. The van der Waals surface area contributed by atoms with Gasteiger partial charge >= 0.3 is 5.51 Å². The molecular weight excluding hydrogens is 205 g/mol. The van der Waals surface area contributed by atoms with Crippen LogP contribution in [0.25, 0.3) is 0 Å². The highest BCUT2D eigenvalue weighted by Gasteiger charge is 2.28. The molecule has 0 aliphatic carbocycles. The quantitative estimate of drug-likeness (QED) is 0.665. The molecule has 0 rings (SSSR count). The highest BCUT2D eigenvalue weighted by molar-refractivity contribution is 8.00. The lowest BCUT2D eigenvalue weighted by molar-refractivity contribution is -0.118. The zero-order valence-electron chi connectivity index (χ0n) is 6.86. The molecule has 78 valence electrons. The van der Waals surface area contributed by atoms with Crippen molar-refractivity contribution in [3.63, 3.8) is 0 Å². The van der Waals surface area contributed by atoms with E-state index in [2.05, 4.69) is 5.32 Å². The first kappa shape index (κ1) is 12.6. The van der Waals surface area contributed by atoms with E-state index in [0.717, 1.165) is 0 Å². The summed E-state index contributed by atoms with van der Waals surface area (Å²) in [5.74, 6) is -1.20. The summed E-state index contributed by atoms with van der Waals surface area (Å²) in [7, 11) is 0. The van der Waals surface area contributed by atoms with Crippen molar-refractivity contribution in [3.05, 3.63) is 0 Å². The largest absolute Gasteiger partial charge is 0.442 e. The van der Waals surface area contributed by atoms with E-state index in [9.17, 15) is 18.0 Å². The van der Waals surface area contributed by atoms with Gasteiger partial charge in [0.2, 0.25) is 5.91 Å². The van der Waals surface area contributed by atoms with Gasteiger partial charge in [0.25, 0.3) is 0 Å². The Labute approximate surface area is 78.2 Å². The van der Waals surface area contributed by atoms with Crippen LogP contribution in [0.2, 0.25) is 0 Å². The van der Waals surface area contributed by atoms with E-state index in [1.54, 1.807) is 0 Å². The third-order valence-electron chi connectivity index (χ3n) is 1.07. The van der Waals surface area contributed by atoms with Gasteiger partial charge in [-0.2, -0.15) is 13.2 Å². The zero-order valence-corrected chi connectivity index (χ0v) is 7.67. The minimum absolute atomic E-state index is 0.327. The molecule has 0 bridgehead atoms. The fourth-order valence-corrected chi connectivity index (χ4v) is 0.925. The van der Waals surface area contributed by atoms with E-state index in [4.69, 9.17) is 5.73 Å². The number of amides is 1. The third kappa shape index (κ3) is 9.48. The van der Waals surface area contributed by atoms with Gasteiger partial charge in [0.1, 0.15) is 0 Å². The minimum atomic E-state index is -4.34. The number of alkyl halides is 3. The number of hydrogen-bond donors (Lipinski definition) is 2. The Balaban J connectivity index is 3.41. The Morgan fingerprint density at radius 3 is 2.54 bits per heavy atom. The summed E-state index contributed by atoms with van der Waals surface area (Å²) in [6, 6.07) is 0. The van der Waals surface area contributed by atoms with Crippen molar-refractivity contribution in [2.24, 2.45) is 5.73 Å². The van der Waals surface area contributed by atoms with Crippen LogP contribution in [0, 0.1) is 0 Å². The Hall–Kier alpha value is -0.430. The lowest BCUT2D eigenvalue weighted by Crippen LogP contribution is -2.28. The van der Waals surface area contributed by atoms with Gasteiger partial charge in [-0.1, -0.05) is 0 Å². The van der Waals surface area contributed by atoms with E-state index in [1.807, 2.05) is 0 Å². The molecule has 0 atom stereocenters. The lowest BCUT2D eigenvalue weighted by Gasteiger charge is -2.05. The number of carbonyl (C=O) groups is 1. The first-order valence-corrected chi connectivity index (χ1v) is 4.61. The number of nitrogens with one attached hydrogen (secondary N) is 1. The van der Waals surface area contributed by atoms with Gasteiger partial charge in [-0.15, -0.1) is 0 Å². The molecule has 7 heteroatoms. The maximum absolute atomic E-state index is 11.6. The van der Waals surface area contributed by atoms with Crippen LogP contribution < -0.4 is 11.1 Å². The fourth-order valence-electron chi connectivity index (χ4n) is 0.528. The Kier molecular flexibility index (Phi) is 5.89. The van der Waals surface area contributed by atoms with Gasteiger partial charge in [-0.05, 0) is 24.7 Å². The standard InChI is InChI=1S/C6H11F3N2OS/c7-6(8,9)13-4-5(12)11-3-1-2-10/h1-4,10H2,(H,11,12). The molecule has 0 aromatic rings. The molecule has 1 amide bonds. The molecule has 0 saturated heterocycles. The summed E-state index contributed by atoms with van der Waals surface area (Å²) in [5.41, 5.74) is 0.779. The molecule has 0 unspecified atom stereocenters. The summed E-state index contributed by atoms with van der Waals surface area (Å²) in [6.45, 7) is 0.737. The van der Waals surface area contributed by atoms with Crippen molar-refractivity contribution in [3.8, 4) is 0 Å². The fraction of sp³-hybridized carbons (Fsp3) is 0.833. The van der Waals surface area contributed by atoms with E-state index >= 15 is 0 Å². The van der Waals surface area contributed by atoms with E-state index < -0.39 is 17.2 Å². The maximum Gasteiger partial charge on any atom is 0.442 e. The molecule has 0 aliphatic rings. The smallest absolute Gasteiger partial charge is 0.355 e. The van der Waals surface area contributed by atoms with Crippen molar-refractivity contribution in [1.82, 2.24) is 5.32 Å². The van der Waals surface area contributed by atoms with Crippen molar-refractivity contribution in [2.75, 3.05) is 18.8 Å². The van der Waals surface area contributed by atoms with Crippen molar-refractivity contribution >= 4 is 17.7 Å². The van der Waals surface area contributed by atoms with Crippen molar-refractivity contribution < 1.29 is 18.0 Å². The number of nitrogens with two attached hydrogens (primary N) is 1. The highest BCUT2D eigenvalue weighted by Crippen LogP contribution is 2.29. The normalized spacial score (nSPS) is 11.4. The second-order valence-corrected chi connectivity index (χ2v) is 3.27. The molecule has 3 N–H and O–H groups in total. The number of rotatable bonds is 5. The summed E-state index contributed by atoms with van der Waals surface area (Å²) in [4.78, 5) is 10.7. The highest BCUT2D eigenvalue weighted by atomic mass is 32.2. The molecule has 0 aromatic heterocycles. The summed E-state index contributed by atoms with van der Waals surface area (Å²) in [5, 5.41) is 2.32. The Morgan fingerprint density at radius 2 is 2.08 bits per heavy atom. The molecule has 13 heavy (non-hydrogen) atoms. The predicted molar refractivity (Wildman–Crippen MR) is 45.2 cm³/mol. The summed E-state index contributed by atoms with van der Waals surface area (Å²) < 4.78 is 34.7. The molecule has 0 radical (unpaired) electrons. The summed E-state index contributed by atoms with van der Waals surface area (Å²) in [6.07, 6.45) is 0.572. The monoisotopic (exact) mass is 216 g/mol. The molecule has 0 fully saturated rings. The van der Waals surface area contributed by atoms with Gasteiger partial charge in [-0.3, -0.25) is 4.79 Å². The van der Waals surface area contributed by atoms with Crippen LogP contribution in [0.4, 0.5) is 13.2 Å². The third-order valence-corrected chi connectivity index (χ3v) is 1.80. The number of thioether (sulfide) groups is 1. The Bertz CT molecular complexity index is 162. The molecule has 0 heterocycles. The van der Waals surface area contributed by atoms with Gasteiger partial charge in [-0.25, -0.2) is 0 Å². The van der Waals surface area contributed by atoms with E-state index in [0.29, 0.717) is 19.5 Å². The minimum Gasteiger partial charge on any atom is -0.355 e. The van der Waals surface area contributed by atoms with Gasteiger partial charge in [0, 0.05) is 6.54 Å². The van der Waals surface area contributed by atoms with Crippen molar-refractivity contribution in [1.29, 1.82) is 0 Å². The van der Waals surface area contributed by atoms with Crippen LogP contribution in [-0.4, -0.2) is 30.3 Å². The molecule has 0 aromatic carbocycles. The molecule has 0 saturated carbocycles. The van der Waals surface area contributed by atoms with Crippen LogP contribution in [0.5, 0.6) is 0 Å². The molecular formula is C6H11F3N2OS. The first-order chi connectivity index (χ1) is 5.95. The topological polar surface area (TPSA) is 55.1 Å². The second kappa shape index (κ2) is 6.09.